The number of ether oxygens (including phenoxy) is 1. The van der Waals surface area contributed by atoms with Crippen molar-refractivity contribution in [3.8, 4) is 0 Å². The van der Waals surface area contributed by atoms with Gasteiger partial charge in [0, 0.05) is 11.6 Å². The SMILES string of the molecule is COC(=O)[C@H]1CC[C@@H](n2c(NC(=O)c3ccc(C)cc3)nc3ccc(CO)cc32)CC1. The number of fused-ring (bicyclic) bond motifs is 1. The number of nitrogens with zero attached hydrogens (tertiary/aromatic N) is 2. The Morgan fingerprint density at radius 2 is 1.84 bits per heavy atom. The Hall–Kier alpha value is -3.19. The van der Waals surface area contributed by atoms with Gasteiger partial charge in [-0.1, -0.05) is 23.8 Å². The third kappa shape index (κ3) is 4.32. The number of methoxy groups -OCH3 is 1. The van der Waals surface area contributed by atoms with Gasteiger partial charge in [-0.25, -0.2) is 4.98 Å². The van der Waals surface area contributed by atoms with Gasteiger partial charge in [0.1, 0.15) is 0 Å². The molecule has 1 aromatic heterocycles. The fourth-order valence-corrected chi connectivity index (χ4v) is 4.31. The van der Waals surface area contributed by atoms with Crippen LogP contribution in [0.5, 0.6) is 0 Å². The summed E-state index contributed by atoms with van der Waals surface area (Å²) in [6.07, 6.45) is 3.01. The Balaban J connectivity index is 1.67. The third-order valence-electron chi connectivity index (χ3n) is 6.07. The summed E-state index contributed by atoms with van der Waals surface area (Å²) in [6, 6.07) is 13.1. The summed E-state index contributed by atoms with van der Waals surface area (Å²) in [5.41, 5.74) is 4.06. The van der Waals surface area contributed by atoms with Crippen LogP contribution in [0.4, 0.5) is 5.95 Å². The van der Waals surface area contributed by atoms with Crippen LogP contribution in [0.3, 0.4) is 0 Å². The predicted octanol–water partition coefficient (Wildman–Crippen LogP) is 3.99. The van der Waals surface area contributed by atoms with Gasteiger partial charge in [-0.15, -0.1) is 0 Å². The monoisotopic (exact) mass is 421 g/mol. The molecule has 0 bridgehead atoms. The van der Waals surface area contributed by atoms with Gasteiger partial charge < -0.3 is 14.4 Å². The molecule has 1 fully saturated rings. The Morgan fingerprint density at radius 1 is 1.13 bits per heavy atom. The summed E-state index contributed by atoms with van der Waals surface area (Å²) in [7, 11) is 1.42. The number of imidazole rings is 1. The quantitative estimate of drug-likeness (QED) is 0.608. The van der Waals surface area contributed by atoms with Gasteiger partial charge in [-0.05, 0) is 62.4 Å². The van der Waals surface area contributed by atoms with Gasteiger partial charge in [0.05, 0.1) is 30.7 Å². The summed E-state index contributed by atoms with van der Waals surface area (Å²) in [5, 5.41) is 12.6. The topological polar surface area (TPSA) is 93.5 Å². The second-order valence-electron chi connectivity index (χ2n) is 8.14. The van der Waals surface area contributed by atoms with E-state index in [1.807, 2.05) is 41.8 Å². The van der Waals surface area contributed by atoms with E-state index in [4.69, 9.17) is 4.74 Å². The number of anilines is 1. The number of esters is 1. The van der Waals surface area contributed by atoms with Crippen LogP contribution in [0.25, 0.3) is 11.0 Å². The maximum absolute atomic E-state index is 12.9. The van der Waals surface area contributed by atoms with E-state index in [1.165, 1.54) is 7.11 Å². The van der Waals surface area contributed by atoms with Crippen LogP contribution >= 0.6 is 0 Å². The highest BCUT2D eigenvalue weighted by molar-refractivity contribution is 6.04. The number of aryl methyl sites for hydroxylation is 1. The lowest BCUT2D eigenvalue weighted by Gasteiger charge is -2.29. The highest BCUT2D eigenvalue weighted by atomic mass is 16.5. The smallest absolute Gasteiger partial charge is 0.308 e. The standard InChI is InChI=1S/C24H27N3O4/c1-15-3-6-17(7-4-15)22(29)26-24-25-20-12-5-16(14-28)13-21(20)27(24)19-10-8-18(9-11-19)23(30)31-2/h3-7,12-13,18-19,28H,8-11,14H2,1-2H3,(H,25,26,29)/t18-,19+. The maximum atomic E-state index is 12.9. The first-order valence-corrected chi connectivity index (χ1v) is 10.6. The van der Waals surface area contributed by atoms with Gasteiger partial charge in [0.25, 0.3) is 5.91 Å². The number of aliphatic hydroxyl groups is 1. The van der Waals surface area contributed by atoms with Crippen molar-refractivity contribution in [3.63, 3.8) is 0 Å². The van der Waals surface area contributed by atoms with Crippen molar-refractivity contribution in [2.75, 3.05) is 12.4 Å². The molecule has 0 aliphatic heterocycles. The number of benzene rings is 2. The number of carbonyl (C=O) groups is 2. The first kappa shape index (κ1) is 21.1. The van der Waals surface area contributed by atoms with E-state index in [9.17, 15) is 14.7 Å². The van der Waals surface area contributed by atoms with Gasteiger partial charge in [0.2, 0.25) is 5.95 Å². The number of aromatic nitrogens is 2. The van der Waals surface area contributed by atoms with Crippen LogP contribution < -0.4 is 5.32 Å². The van der Waals surface area contributed by atoms with E-state index in [1.54, 1.807) is 12.1 Å². The molecule has 7 nitrogen and oxygen atoms in total. The Morgan fingerprint density at radius 3 is 2.48 bits per heavy atom. The van der Waals surface area contributed by atoms with E-state index < -0.39 is 0 Å². The number of amides is 1. The highest BCUT2D eigenvalue weighted by Gasteiger charge is 2.30. The zero-order valence-corrected chi connectivity index (χ0v) is 17.8. The molecule has 0 unspecified atom stereocenters. The number of carbonyl (C=O) groups excluding carboxylic acids is 2. The lowest BCUT2D eigenvalue weighted by atomic mass is 9.86. The normalized spacial score (nSPS) is 18.7. The average molecular weight is 421 g/mol. The zero-order chi connectivity index (χ0) is 22.0. The highest BCUT2D eigenvalue weighted by Crippen LogP contribution is 2.37. The number of nitrogens with one attached hydrogen (secondary N) is 1. The number of rotatable bonds is 5. The molecule has 1 saturated carbocycles. The third-order valence-corrected chi connectivity index (χ3v) is 6.07. The molecule has 0 spiro atoms. The Bertz CT molecular complexity index is 1100. The second-order valence-corrected chi connectivity index (χ2v) is 8.14. The van der Waals surface area contributed by atoms with Gasteiger partial charge in [0.15, 0.2) is 0 Å². The van der Waals surface area contributed by atoms with Crippen molar-refractivity contribution in [1.82, 2.24) is 9.55 Å². The molecule has 1 heterocycles. The van der Waals surface area contributed by atoms with Crippen molar-refractivity contribution in [2.45, 2.75) is 45.3 Å². The fraction of sp³-hybridized carbons (Fsp3) is 0.375. The molecule has 1 aliphatic carbocycles. The van der Waals surface area contributed by atoms with Crippen molar-refractivity contribution in [1.29, 1.82) is 0 Å². The molecule has 3 aromatic rings. The van der Waals surface area contributed by atoms with Gasteiger partial charge in [-0.3, -0.25) is 14.9 Å². The molecule has 1 amide bonds. The second kappa shape index (κ2) is 8.89. The van der Waals surface area contributed by atoms with E-state index in [0.29, 0.717) is 11.5 Å². The van der Waals surface area contributed by atoms with Gasteiger partial charge in [-0.2, -0.15) is 0 Å². The molecular weight excluding hydrogens is 394 g/mol. The lowest BCUT2D eigenvalue weighted by Crippen LogP contribution is -2.26. The van der Waals surface area contributed by atoms with E-state index in [0.717, 1.165) is 47.8 Å². The summed E-state index contributed by atoms with van der Waals surface area (Å²) < 4.78 is 6.96. The van der Waals surface area contributed by atoms with Crippen molar-refractivity contribution >= 4 is 28.9 Å². The Kier molecular flexibility index (Phi) is 6.04. The van der Waals surface area contributed by atoms with Crippen LogP contribution in [0.1, 0.15) is 53.2 Å². The molecule has 162 valence electrons. The maximum Gasteiger partial charge on any atom is 0.308 e. The Labute approximate surface area is 181 Å². The fourth-order valence-electron chi connectivity index (χ4n) is 4.31. The minimum absolute atomic E-state index is 0.0682. The molecule has 4 rings (SSSR count). The zero-order valence-electron chi connectivity index (χ0n) is 17.8. The van der Waals surface area contributed by atoms with Crippen LogP contribution in [0.2, 0.25) is 0 Å². The van der Waals surface area contributed by atoms with Crippen LogP contribution in [-0.2, 0) is 16.1 Å². The number of aliphatic hydroxyl groups excluding tert-OH is 1. The molecule has 2 aromatic carbocycles. The van der Waals surface area contributed by atoms with Crippen LogP contribution in [-0.4, -0.2) is 33.6 Å². The minimum Gasteiger partial charge on any atom is -0.469 e. The van der Waals surface area contributed by atoms with Crippen molar-refractivity contribution < 1.29 is 19.4 Å². The summed E-state index contributed by atoms with van der Waals surface area (Å²) in [6.45, 7) is 1.91. The molecule has 7 heteroatoms. The summed E-state index contributed by atoms with van der Waals surface area (Å²) >= 11 is 0. The number of hydrogen-bond donors (Lipinski definition) is 2. The van der Waals surface area contributed by atoms with Crippen molar-refractivity contribution in [3.05, 3.63) is 59.2 Å². The minimum atomic E-state index is -0.220. The molecular formula is C24H27N3O4. The van der Waals surface area contributed by atoms with E-state index in [-0.39, 0.29) is 30.4 Å². The first-order chi connectivity index (χ1) is 15.0. The average Bonchev–Trinajstić information content (AvgIpc) is 3.15. The number of hydrogen-bond acceptors (Lipinski definition) is 5. The van der Waals surface area contributed by atoms with Crippen molar-refractivity contribution in [2.24, 2.45) is 5.92 Å². The molecule has 0 radical (unpaired) electrons. The van der Waals surface area contributed by atoms with Crippen LogP contribution in [0, 0.1) is 12.8 Å². The van der Waals surface area contributed by atoms with E-state index >= 15 is 0 Å². The van der Waals surface area contributed by atoms with Gasteiger partial charge >= 0.3 is 5.97 Å². The lowest BCUT2D eigenvalue weighted by molar-refractivity contribution is -0.146. The summed E-state index contributed by atoms with van der Waals surface area (Å²) in [5.74, 6) is 0.0124. The van der Waals surface area contributed by atoms with Crippen LogP contribution in [0.15, 0.2) is 42.5 Å². The molecule has 0 saturated heterocycles. The molecule has 1 aliphatic rings. The molecule has 0 atom stereocenters. The molecule has 31 heavy (non-hydrogen) atoms. The van der Waals surface area contributed by atoms with E-state index in [2.05, 4.69) is 10.3 Å². The molecule has 2 N–H and O–H groups in total. The predicted molar refractivity (Wildman–Crippen MR) is 118 cm³/mol. The first-order valence-electron chi connectivity index (χ1n) is 10.6. The largest absolute Gasteiger partial charge is 0.469 e. The summed E-state index contributed by atoms with van der Waals surface area (Å²) in [4.78, 5) is 29.5.